The van der Waals surface area contributed by atoms with Crippen LogP contribution in [0.2, 0.25) is 0 Å². The van der Waals surface area contributed by atoms with Gasteiger partial charge in [0.2, 0.25) is 0 Å². The molecule has 0 unspecified atom stereocenters. The van der Waals surface area contributed by atoms with Crippen LogP contribution in [0.4, 0.5) is 0 Å². The molecule has 0 aliphatic heterocycles. The summed E-state index contributed by atoms with van der Waals surface area (Å²) in [6.07, 6.45) is 0. The lowest BCUT2D eigenvalue weighted by Gasteiger charge is -2.26. The molecule has 0 aliphatic carbocycles. The zero-order chi connectivity index (χ0) is 89.0. The number of hydrogen-bond donors (Lipinski definition) is 0. The molecule has 0 atom stereocenters. The second kappa shape index (κ2) is 34.5. The minimum absolute atomic E-state index is 0.0237. The summed E-state index contributed by atoms with van der Waals surface area (Å²) in [7, 11) is 0. The van der Waals surface area contributed by atoms with Gasteiger partial charge in [-0.05, 0) is 296 Å². The molecule has 0 spiro atoms. The van der Waals surface area contributed by atoms with E-state index in [2.05, 4.69) is 517 Å². The van der Waals surface area contributed by atoms with Gasteiger partial charge in [-0.1, -0.05) is 478 Å². The third-order valence-electron chi connectivity index (χ3n) is 27.2. The van der Waals surface area contributed by atoms with Gasteiger partial charge in [-0.3, -0.25) is 0 Å². The molecule has 0 bridgehead atoms. The van der Waals surface area contributed by atoms with Crippen molar-refractivity contribution in [3.05, 3.63) is 483 Å². The minimum Gasteiger partial charge on any atom is -0.0616 e. The molecular formula is C131H102. The van der Waals surface area contributed by atoms with Gasteiger partial charge in [0.05, 0.1) is 0 Å². The third kappa shape index (κ3) is 15.6. The smallest absolute Gasteiger partial charge is 0.00615 e. The van der Waals surface area contributed by atoms with Gasteiger partial charge in [-0.2, -0.15) is 0 Å². The van der Waals surface area contributed by atoms with Crippen LogP contribution in [0, 0.1) is 20.8 Å². The lowest BCUT2D eigenvalue weighted by atomic mass is 9.78. The van der Waals surface area contributed by atoms with Crippen LogP contribution in [-0.4, -0.2) is 0 Å². The largest absolute Gasteiger partial charge is 0.0616 e. The van der Waals surface area contributed by atoms with Crippen molar-refractivity contribution in [2.45, 2.75) is 73.1 Å². The van der Waals surface area contributed by atoms with Crippen LogP contribution in [0.25, 0.3) is 218 Å². The number of aryl methyl sites for hydroxylation is 3. The fraction of sp³-hybridized carbons (Fsp3) is 0.0840. The highest BCUT2D eigenvalue weighted by molar-refractivity contribution is 6.17. The highest BCUT2D eigenvalue weighted by Crippen LogP contribution is 2.49. The maximum atomic E-state index is 2.36. The molecule has 0 heteroatoms. The summed E-state index contributed by atoms with van der Waals surface area (Å²) in [4.78, 5) is 0. The average Bonchev–Trinajstić information content (AvgIpc) is 0.748. The Morgan fingerprint density at radius 1 is 0.130 bits per heavy atom. The molecule has 0 fully saturated rings. The first-order valence-corrected chi connectivity index (χ1v) is 46.1. The number of benzene rings is 24. The van der Waals surface area contributed by atoms with Crippen molar-refractivity contribution in [2.75, 3.05) is 0 Å². The Morgan fingerprint density at radius 2 is 0.351 bits per heavy atom. The number of rotatable bonds is 8. The number of hydrogen-bond acceptors (Lipinski definition) is 0. The van der Waals surface area contributed by atoms with Crippen molar-refractivity contribution in [3.63, 3.8) is 0 Å². The van der Waals surface area contributed by atoms with Crippen LogP contribution in [0.15, 0.2) is 455 Å². The van der Waals surface area contributed by atoms with Gasteiger partial charge in [0.1, 0.15) is 0 Å². The van der Waals surface area contributed by atoms with E-state index < -0.39 is 0 Å². The molecule has 0 aromatic heterocycles. The van der Waals surface area contributed by atoms with Crippen LogP contribution in [-0.2, 0) is 10.8 Å². The predicted octanol–water partition coefficient (Wildman–Crippen LogP) is 37.4. The normalized spacial score (nSPS) is 11.7. The topological polar surface area (TPSA) is 0 Å². The van der Waals surface area contributed by atoms with E-state index in [0.29, 0.717) is 0 Å². The molecule has 131 heavy (non-hydrogen) atoms. The second-order valence-electron chi connectivity index (χ2n) is 37.4. The van der Waals surface area contributed by atoms with E-state index in [-0.39, 0.29) is 10.8 Å². The molecule has 0 heterocycles. The maximum Gasteiger partial charge on any atom is -0.00615 e. The minimum atomic E-state index is 0.0237. The Kier molecular flexibility index (Phi) is 21.7. The summed E-state index contributed by atoms with van der Waals surface area (Å²) in [5, 5.41) is 31.1. The molecule has 626 valence electrons. The van der Waals surface area contributed by atoms with Crippen LogP contribution in [0.3, 0.4) is 0 Å². The zero-order valence-electron chi connectivity index (χ0n) is 75.8. The van der Waals surface area contributed by atoms with E-state index >= 15 is 0 Å². The van der Waals surface area contributed by atoms with Crippen LogP contribution < -0.4 is 0 Å². The molecule has 0 nitrogen and oxygen atoms in total. The maximum absolute atomic E-state index is 2.36. The van der Waals surface area contributed by atoms with Crippen molar-refractivity contribution >= 4 is 129 Å². The fourth-order valence-electron chi connectivity index (χ4n) is 20.6. The first-order chi connectivity index (χ1) is 64.0. The van der Waals surface area contributed by atoms with Gasteiger partial charge < -0.3 is 0 Å². The summed E-state index contributed by atoms with van der Waals surface area (Å²) in [6.45, 7) is 20.5. The van der Waals surface area contributed by atoms with E-state index in [9.17, 15) is 0 Å². The average molecular weight is 1680 g/mol. The van der Waals surface area contributed by atoms with Crippen molar-refractivity contribution in [2.24, 2.45) is 0 Å². The van der Waals surface area contributed by atoms with Crippen molar-refractivity contribution < 1.29 is 0 Å². The molecule has 0 radical (unpaired) electrons. The van der Waals surface area contributed by atoms with Gasteiger partial charge >= 0.3 is 0 Å². The lowest BCUT2D eigenvalue weighted by Crippen LogP contribution is -2.13. The summed E-state index contributed by atoms with van der Waals surface area (Å²) in [5.74, 6) is 0. The van der Waals surface area contributed by atoms with Crippen molar-refractivity contribution in [1.29, 1.82) is 0 Å². The highest BCUT2D eigenvalue weighted by Gasteiger charge is 2.26. The molecule has 0 saturated heterocycles. The molecule has 24 aromatic rings. The quantitative estimate of drug-likeness (QED) is 0.142. The first-order valence-electron chi connectivity index (χ1n) is 46.1. The standard InChI is InChI=1S/2C34H28.C32H24.C31H22/c1-34(2,3)32-22-21-29-28(27-17-8-13-23-11-4-6-15-25(23)27)18-10-20-31(29)33(32)30-19-9-14-24-12-5-7-16-26(24)30;1-34(2,3)32-20-19-30-29(27-17-15-23-9-4-6-11-25(23)21-27)13-8-14-31(30)33(32)28-18-16-24-10-5-7-12-26(24)22-28;1-21-17-19-31(25-11-5-3-9-23(21)25)29-15-7-14-28-27(29)13-8-16-30(28)32-20-18-22(2)24-10-4-6-12-26(24)32;1-21-16-19-31(27-11-5-4-10-25(21)27)30-15-7-13-28-26(12-6-14-29(28)30)24-18-17-22-8-2-3-9-23(22)20-24/h2*4-22H,1-3H3;3-20H,1-2H3;2-20H,1H3. The summed E-state index contributed by atoms with van der Waals surface area (Å²) in [6, 6.07) is 166. The van der Waals surface area contributed by atoms with Crippen LogP contribution in [0.1, 0.15) is 69.4 Å². The first kappa shape index (κ1) is 82.4. The Hall–Kier alpha value is -15.6. The summed E-state index contributed by atoms with van der Waals surface area (Å²) in [5.41, 5.74) is 27.5. The third-order valence-corrected chi connectivity index (χ3v) is 27.2. The van der Waals surface area contributed by atoms with E-state index in [1.54, 1.807) is 0 Å². The summed E-state index contributed by atoms with van der Waals surface area (Å²) < 4.78 is 0. The molecular weight excluding hydrogens is 1570 g/mol. The zero-order valence-corrected chi connectivity index (χ0v) is 75.8. The van der Waals surface area contributed by atoms with E-state index in [1.807, 2.05) is 0 Å². The predicted molar refractivity (Wildman–Crippen MR) is 571 cm³/mol. The second-order valence-corrected chi connectivity index (χ2v) is 37.4. The molecule has 24 aromatic carbocycles. The van der Waals surface area contributed by atoms with Crippen molar-refractivity contribution in [3.8, 4) is 89.0 Å². The monoisotopic (exact) mass is 1670 g/mol. The lowest BCUT2D eigenvalue weighted by molar-refractivity contribution is 0.592. The van der Waals surface area contributed by atoms with Gasteiger partial charge in [0, 0.05) is 0 Å². The van der Waals surface area contributed by atoms with Crippen molar-refractivity contribution in [1.82, 2.24) is 0 Å². The Labute approximate surface area is 768 Å². The highest BCUT2D eigenvalue weighted by atomic mass is 14.3. The summed E-state index contributed by atoms with van der Waals surface area (Å²) >= 11 is 0. The van der Waals surface area contributed by atoms with E-state index in [0.717, 1.165) is 0 Å². The SMILES string of the molecule is CC(C)(C)c1ccc2c(-c3ccc4ccccc4c3)cccc2c1-c1ccc2ccccc2c1.CC(C)(C)c1ccc2c(-c3cccc4ccccc34)cccc2c1-c1cccc2ccccc12.Cc1ccc(-c2cccc3c(-c4ccc(C)c5ccccc45)cccc23)c2ccccc12.Cc1ccc(-c2cccc3c(-c4ccc5ccccc5c4)cccc23)c2ccccc12. The van der Waals surface area contributed by atoms with Crippen LogP contribution in [0.5, 0.6) is 0 Å². The van der Waals surface area contributed by atoms with Gasteiger partial charge in [0.15, 0.2) is 0 Å². The fourth-order valence-corrected chi connectivity index (χ4v) is 20.6. The van der Waals surface area contributed by atoms with E-state index in [1.165, 1.54) is 246 Å². The molecule has 0 N–H and O–H groups in total. The van der Waals surface area contributed by atoms with Gasteiger partial charge in [-0.25, -0.2) is 0 Å². The number of fused-ring (bicyclic) bond motifs is 12. The molecule has 24 rings (SSSR count). The van der Waals surface area contributed by atoms with Gasteiger partial charge in [-0.15, -0.1) is 0 Å². The Bertz CT molecular complexity index is 8450. The molecule has 0 aliphatic rings. The molecule has 0 amide bonds. The Balaban J connectivity index is 0.000000106. The molecule has 0 saturated carbocycles. The van der Waals surface area contributed by atoms with Gasteiger partial charge in [0.25, 0.3) is 0 Å². The van der Waals surface area contributed by atoms with Crippen LogP contribution >= 0.6 is 0 Å². The van der Waals surface area contributed by atoms with E-state index in [4.69, 9.17) is 0 Å². The Morgan fingerprint density at radius 3 is 0.733 bits per heavy atom.